The number of ether oxygens (including phenoxy) is 1. The zero-order valence-corrected chi connectivity index (χ0v) is 14.5. The first-order valence-corrected chi connectivity index (χ1v) is 8.92. The van der Waals surface area contributed by atoms with Gasteiger partial charge in [0, 0.05) is 60.2 Å². The van der Waals surface area contributed by atoms with Crippen molar-refractivity contribution < 1.29 is 4.74 Å². The molecule has 0 amide bonds. The Morgan fingerprint density at radius 3 is 2.91 bits per heavy atom. The number of aromatic nitrogens is 2. The third-order valence-corrected chi connectivity index (χ3v) is 5.14. The van der Waals surface area contributed by atoms with Crippen LogP contribution >= 0.6 is 11.3 Å². The highest BCUT2D eigenvalue weighted by atomic mass is 32.1. The average Bonchev–Trinajstić information content (AvgIpc) is 3.10. The molecule has 120 valence electrons. The summed E-state index contributed by atoms with van der Waals surface area (Å²) in [6.45, 7) is 11.9. The zero-order valence-electron chi connectivity index (χ0n) is 13.7. The predicted octanol–water partition coefficient (Wildman–Crippen LogP) is 3.41. The maximum Gasteiger partial charge on any atom is 0.0736 e. The summed E-state index contributed by atoms with van der Waals surface area (Å²) in [5, 5.41) is 4.76. The Morgan fingerprint density at radius 1 is 1.36 bits per heavy atom. The summed E-state index contributed by atoms with van der Waals surface area (Å²) in [6, 6.07) is 4.46. The lowest BCUT2D eigenvalue weighted by atomic mass is 9.97. The lowest BCUT2D eigenvalue weighted by molar-refractivity contribution is 0.104. The van der Waals surface area contributed by atoms with Gasteiger partial charge < -0.3 is 4.74 Å². The lowest BCUT2D eigenvalue weighted by Crippen LogP contribution is -2.34. The molecule has 1 aliphatic rings. The second-order valence-electron chi connectivity index (χ2n) is 5.93. The number of fused-ring (bicyclic) bond motifs is 1. The first kappa shape index (κ1) is 15.7. The molecule has 0 radical (unpaired) electrons. The number of hydrogen-bond acceptors (Lipinski definition) is 4. The summed E-state index contributed by atoms with van der Waals surface area (Å²) < 4.78 is 7.76. The molecule has 0 saturated heterocycles. The highest BCUT2D eigenvalue weighted by Crippen LogP contribution is 2.29. The van der Waals surface area contributed by atoms with Crippen molar-refractivity contribution in [3.8, 4) is 0 Å². The van der Waals surface area contributed by atoms with Crippen LogP contribution in [0.3, 0.4) is 0 Å². The van der Waals surface area contributed by atoms with Crippen molar-refractivity contribution in [2.75, 3.05) is 19.8 Å². The van der Waals surface area contributed by atoms with Gasteiger partial charge in [-0.25, -0.2) is 0 Å². The first-order valence-electron chi connectivity index (χ1n) is 8.11. The van der Waals surface area contributed by atoms with Crippen LogP contribution in [0.25, 0.3) is 0 Å². The third kappa shape index (κ3) is 3.42. The van der Waals surface area contributed by atoms with Crippen LogP contribution < -0.4 is 0 Å². The average molecular weight is 319 g/mol. The fraction of sp³-hybridized carbons (Fsp3) is 0.588. The quantitative estimate of drug-likeness (QED) is 0.817. The lowest BCUT2D eigenvalue weighted by Gasteiger charge is -2.31. The van der Waals surface area contributed by atoms with Gasteiger partial charge in [0.2, 0.25) is 0 Å². The Labute approximate surface area is 136 Å². The van der Waals surface area contributed by atoms with Gasteiger partial charge in [0.15, 0.2) is 0 Å². The third-order valence-electron chi connectivity index (χ3n) is 4.15. The van der Waals surface area contributed by atoms with E-state index in [0.717, 1.165) is 39.4 Å². The Morgan fingerprint density at radius 2 is 2.23 bits per heavy atom. The molecule has 3 heterocycles. The molecular weight excluding hydrogens is 294 g/mol. The molecule has 1 aliphatic heterocycles. The standard InChI is InChI=1S/C17H25N3OS/c1-4-20-10-14-8-19(11-16-7-6-13(3)22-16)9-15(12-21-5-2)17(14)18-20/h6-7,10,15H,4-5,8-9,11-12H2,1-3H3/t15-/m0/s1. The van der Waals surface area contributed by atoms with E-state index in [1.54, 1.807) is 0 Å². The monoisotopic (exact) mass is 319 g/mol. The van der Waals surface area contributed by atoms with Crippen LogP contribution in [0.4, 0.5) is 0 Å². The van der Waals surface area contributed by atoms with Gasteiger partial charge in [0.05, 0.1) is 12.3 Å². The Kier molecular flexibility index (Phi) is 4.96. The van der Waals surface area contributed by atoms with Gasteiger partial charge >= 0.3 is 0 Å². The summed E-state index contributed by atoms with van der Waals surface area (Å²) in [5.41, 5.74) is 2.61. The van der Waals surface area contributed by atoms with Gasteiger partial charge in [-0.15, -0.1) is 11.3 Å². The van der Waals surface area contributed by atoms with Gasteiger partial charge in [-0.05, 0) is 32.9 Å². The van der Waals surface area contributed by atoms with E-state index < -0.39 is 0 Å². The van der Waals surface area contributed by atoms with Crippen LogP contribution in [0.1, 0.15) is 40.8 Å². The van der Waals surface area contributed by atoms with Crippen LogP contribution in [0, 0.1) is 6.92 Å². The van der Waals surface area contributed by atoms with Gasteiger partial charge in [0.1, 0.15) is 0 Å². The summed E-state index contributed by atoms with van der Waals surface area (Å²) in [6.07, 6.45) is 2.21. The van der Waals surface area contributed by atoms with E-state index in [9.17, 15) is 0 Å². The summed E-state index contributed by atoms with van der Waals surface area (Å²) in [5.74, 6) is 0.387. The zero-order chi connectivity index (χ0) is 15.5. The second-order valence-corrected chi connectivity index (χ2v) is 7.31. The summed E-state index contributed by atoms with van der Waals surface area (Å²) in [7, 11) is 0. The topological polar surface area (TPSA) is 30.3 Å². The molecule has 0 bridgehead atoms. The number of rotatable bonds is 6. The van der Waals surface area contributed by atoms with Crippen molar-refractivity contribution in [3.05, 3.63) is 39.3 Å². The molecule has 1 atom stereocenters. The Hall–Kier alpha value is -1.17. The summed E-state index contributed by atoms with van der Waals surface area (Å²) in [4.78, 5) is 5.36. The van der Waals surface area contributed by atoms with Crippen molar-refractivity contribution in [1.29, 1.82) is 0 Å². The van der Waals surface area contributed by atoms with Gasteiger partial charge in [-0.3, -0.25) is 9.58 Å². The van der Waals surface area contributed by atoms with Crippen molar-refractivity contribution in [2.24, 2.45) is 0 Å². The molecule has 0 unspecified atom stereocenters. The molecule has 2 aromatic heterocycles. The predicted molar refractivity (Wildman–Crippen MR) is 90.3 cm³/mol. The van der Waals surface area contributed by atoms with E-state index in [2.05, 4.69) is 48.7 Å². The van der Waals surface area contributed by atoms with E-state index in [1.807, 2.05) is 11.3 Å². The van der Waals surface area contributed by atoms with E-state index in [1.165, 1.54) is 21.0 Å². The van der Waals surface area contributed by atoms with Crippen molar-refractivity contribution in [1.82, 2.24) is 14.7 Å². The highest BCUT2D eigenvalue weighted by Gasteiger charge is 2.28. The summed E-state index contributed by atoms with van der Waals surface area (Å²) >= 11 is 1.90. The molecule has 3 rings (SSSR count). The van der Waals surface area contributed by atoms with Gasteiger partial charge in [-0.1, -0.05) is 0 Å². The minimum absolute atomic E-state index is 0.387. The van der Waals surface area contributed by atoms with Gasteiger partial charge in [-0.2, -0.15) is 5.10 Å². The van der Waals surface area contributed by atoms with Crippen LogP contribution in [-0.4, -0.2) is 34.4 Å². The van der Waals surface area contributed by atoms with Crippen molar-refractivity contribution in [3.63, 3.8) is 0 Å². The molecular formula is C17H25N3OS. The van der Waals surface area contributed by atoms with E-state index >= 15 is 0 Å². The van der Waals surface area contributed by atoms with Crippen molar-refractivity contribution in [2.45, 2.75) is 46.3 Å². The first-order chi connectivity index (χ1) is 10.7. The van der Waals surface area contributed by atoms with E-state index in [0.29, 0.717) is 5.92 Å². The molecule has 0 saturated carbocycles. The van der Waals surface area contributed by atoms with E-state index in [-0.39, 0.29) is 0 Å². The number of thiophene rings is 1. The molecule has 0 fully saturated rings. The van der Waals surface area contributed by atoms with Crippen LogP contribution in [0.15, 0.2) is 18.3 Å². The number of nitrogens with zero attached hydrogens (tertiary/aromatic N) is 3. The largest absolute Gasteiger partial charge is 0.381 e. The molecule has 0 N–H and O–H groups in total. The molecule has 0 spiro atoms. The SMILES string of the molecule is CCOC[C@@H]1CN(Cc2ccc(C)s2)Cc2cn(CC)nc21. The minimum Gasteiger partial charge on any atom is -0.381 e. The molecule has 2 aromatic rings. The van der Waals surface area contributed by atoms with Gasteiger partial charge in [0.25, 0.3) is 0 Å². The van der Waals surface area contributed by atoms with E-state index in [4.69, 9.17) is 9.84 Å². The van der Waals surface area contributed by atoms with Crippen LogP contribution in [0.5, 0.6) is 0 Å². The fourth-order valence-corrected chi connectivity index (χ4v) is 4.04. The minimum atomic E-state index is 0.387. The second kappa shape index (κ2) is 6.94. The number of aryl methyl sites for hydroxylation is 2. The maximum absolute atomic E-state index is 5.70. The van der Waals surface area contributed by atoms with Crippen molar-refractivity contribution >= 4 is 11.3 Å². The van der Waals surface area contributed by atoms with Crippen LogP contribution in [-0.2, 0) is 24.4 Å². The van der Waals surface area contributed by atoms with Crippen LogP contribution in [0.2, 0.25) is 0 Å². The highest BCUT2D eigenvalue weighted by molar-refractivity contribution is 7.11. The Balaban J connectivity index is 1.77. The smallest absolute Gasteiger partial charge is 0.0736 e. The normalized spacial score (nSPS) is 18.6. The fourth-order valence-electron chi connectivity index (χ4n) is 3.11. The molecule has 22 heavy (non-hydrogen) atoms. The molecule has 0 aromatic carbocycles. The number of hydrogen-bond donors (Lipinski definition) is 0. The maximum atomic E-state index is 5.70. The molecule has 0 aliphatic carbocycles. The Bertz CT molecular complexity index is 619. The molecule has 5 heteroatoms. The molecule has 4 nitrogen and oxygen atoms in total.